The van der Waals surface area contributed by atoms with E-state index in [1.54, 1.807) is 16.2 Å². The normalized spacial score (nSPS) is 25.2. The average Bonchev–Trinajstić information content (AvgIpc) is 3.09. The van der Waals surface area contributed by atoms with Gasteiger partial charge in [-0.1, -0.05) is 12.8 Å². The number of hydrogen-bond donors (Lipinski definition) is 1. The van der Waals surface area contributed by atoms with Crippen molar-refractivity contribution >= 4 is 23.2 Å². The molecule has 1 unspecified atom stereocenters. The highest BCUT2D eigenvalue weighted by molar-refractivity contribution is 7.07. The standard InChI is InChI=1S/C15H20N2O2S/c1-11-13(18)16-15(6-2-3-7-15)14(19)17(11)8-4-12-5-9-20-10-12/h5,9-11H,2-4,6-8H2,1H3,(H,16,18). The van der Waals surface area contributed by atoms with Crippen LogP contribution in [-0.4, -0.2) is 34.8 Å². The highest BCUT2D eigenvalue weighted by Gasteiger charge is 2.50. The summed E-state index contributed by atoms with van der Waals surface area (Å²) in [4.78, 5) is 26.7. The van der Waals surface area contributed by atoms with Crippen molar-refractivity contribution in [3.05, 3.63) is 22.4 Å². The van der Waals surface area contributed by atoms with E-state index < -0.39 is 5.54 Å². The van der Waals surface area contributed by atoms with Crippen LogP contribution in [-0.2, 0) is 16.0 Å². The first-order chi connectivity index (χ1) is 9.62. The summed E-state index contributed by atoms with van der Waals surface area (Å²) in [6.45, 7) is 2.45. The second-order valence-electron chi connectivity index (χ2n) is 5.83. The molecule has 2 fully saturated rings. The van der Waals surface area contributed by atoms with Crippen molar-refractivity contribution in [3.8, 4) is 0 Å². The highest BCUT2D eigenvalue weighted by atomic mass is 32.1. The molecule has 4 nitrogen and oxygen atoms in total. The van der Waals surface area contributed by atoms with Crippen molar-refractivity contribution in [3.63, 3.8) is 0 Å². The summed E-state index contributed by atoms with van der Waals surface area (Å²) in [5.74, 6) is 0.120. The summed E-state index contributed by atoms with van der Waals surface area (Å²) < 4.78 is 0. The third kappa shape index (κ3) is 2.24. The van der Waals surface area contributed by atoms with E-state index in [-0.39, 0.29) is 17.9 Å². The number of thiophene rings is 1. The molecule has 1 aromatic rings. The fraction of sp³-hybridized carbons (Fsp3) is 0.600. The van der Waals surface area contributed by atoms with Crippen LogP contribution in [0.2, 0.25) is 0 Å². The second-order valence-corrected chi connectivity index (χ2v) is 6.61. The van der Waals surface area contributed by atoms with Crippen LogP contribution in [0.1, 0.15) is 38.2 Å². The van der Waals surface area contributed by atoms with Crippen molar-refractivity contribution in [1.82, 2.24) is 10.2 Å². The number of nitrogens with zero attached hydrogens (tertiary/aromatic N) is 1. The van der Waals surface area contributed by atoms with E-state index >= 15 is 0 Å². The van der Waals surface area contributed by atoms with Crippen LogP contribution in [0, 0.1) is 0 Å². The minimum absolute atomic E-state index is 0.00295. The minimum atomic E-state index is -0.599. The Bertz CT molecular complexity index is 506. The van der Waals surface area contributed by atoms with Crippen molar-refractivity contribution in [2.75, 3.05) is 6.54 Å². The Labute approximate surface area is 123 Å². The molecule has 1 aromatic heterocycles. The van der Waals surface area contributed by atoms with Crippen LogP contribution in [0.15, 0.2) is 16.8 Å². The molecule has 0 radical (unpaired) electrons. The maximum atomic E-state index is 12.8. The molecule has 5 heteroatoms. The Hall–Kier alpha value is -1.36. The molecular formula is C15H20N2O2S. The van der Waals surface area contributed by atoms with Crippen LogP contribution in [0.3, 0.4) is 0 Å². The summed E-state index contributed by atoms with van der Waals surface area (Å²) in [7, 11) is 0. The fourth-order valence-electron chi connectivity index (χ4n) is 3.28. The van der Waals surface area contributed by atoms with Gasteiger partial charge in [0.25, 0.3) is 0 Å². The molecule has 3 rings (SSSR count). The predicted molar refractivity (Wildman–Crippen MR) is 78.5 cm³/mol. The third-order valence-corrected chi connectivity index (χ3v) is 5.29. The molecule has 1 atom stereocenters. The van der Waals surface area contributed by atoms with Gasteiger partial charge in [0, 0.05) is 6.54 Å². The molecule has 1 spiro atoms. The molecule has 0 aromatic carbocycles. The number of carbonyl (C=O) groups is 2. The second kappa shape index (κ2) is 5.20. The van der Waals surface area contributed by atoms with Gasteiger partial charge in [0.15, 0.2) is 0 Å². The molecule has 2 heterocycles. The van der Waals surface area contributed by atoms with Crippen LogP contribution in [0.4, 0.5) is 0 Å². The van der Waals surface area contributed by atoms with Gasteiger partial charge in [-0.25, -0.2) is 0 Å². The van der Waals surface area contributed by atoms with Crippen molar-refractivity contribution in [1.29, 1.82) is 0 Å². The van der Waals surface area contributed by atoms with E-state index in [2.05, 4.69) is 16.8 Å². The number of nitrogens with one attached hydrogen (secondary N) is 1. The van der Waals surface area contributed by atoms with Gasteiger partial charge in [0.05, 0.1) is 0 Å². The molecule has 108 valence electrons. The van der Waals surface area contributed by atoms with Gasteiger partial charge in [-0.2, -0.15) is 11.3 Å². The Morgan fingerprint density at radius 1 is 1.40 bits per heavy atom. The van der Waals surface area contributed by atoms with E-state index in [4.69, 9.17) is 0 Å². The molecule has 0 bridgehead atoms. The predicted octanol–water partition coefficient (Wildman–Crippen LogP) is 1.95. The zero-order chi connectivity index (χ0) is 14.2. The highest BCUT2D eigenvalue weighted by Crippen LogP contribution is 2.34. The quantitative estimate of drug-likeness (QED) is 0.925. The van der Waals surface area contributed by atoms with E-state index in [1.165, 1.54) is 5.56 Å². The number of hydrogen-bond acceptors (Lipinski definition) is 3. The maximum Gasteiger partial charge on any atom is 0.249 e. The maximum absolute atomic E-state index is 12.8. The number of carbonyl (C=O) groups excluding carboxylic acids is 2. The Morgan fingerprint density at radius 2 is 2.15 bits per heavy atom. The summed E-state index contributed by atoms with van der Waals surface area (Å²) in [6, 6.07) is 1.72. The van der Waals surface area contributed by atoms with Crippen LogP contribution < -0.4 is 5.32 Å². The van der Waals surface area contributed by atoms with Crippen molar-refractivity contribution in [2.45, 2.75) is 50.6 Å². The first kappa shape index (κ1) is 13.6. The van der Waals surface area contributed by atoms with E-state index in [0.717, 1.165) is 32.1 Å². The molecule has 1 saturated carbocycles. The van der Waals surface area contributed by atoms with Crippen LogP contribution >= 0.6 is 11.3 Å². The minimum Gasteiger partial charge on any atom is -0.340 e. The third-order valence-electron chi connectivity index (χ3n) is 4.56. The first-order valence-corrected chi connectivity index (χ1v) is 8.21. The van der Waals surface area contributed by atoms with Gasteiger partial charge in [-0.15, -0.1) is 0 Å². The van der Waals surface area contributed by atoms with Gasteiger partial charge in [0.2, 0.25) is 11.8 Å². The van der Waals surface area contributed by atoms with Gasteiger partial charge in [0.1, 0.15) is 11.6 Å². The molecule has 1 aliphatic carbocycles. The largest absolute Gasteiger partial charge is 0.340 e. The lowest BCUT2D eigenvalue weighted by Gasteiger charge is -2.43. The molecular weight excluding hydrogens is 272 g/mol. The number of rotatable bonds is 3. The monoisotopic (exact) mass is 292 g/mol. The molecule has 2 amide bonds. The smallest absolute Gasteiger partial charge is 0.249 e. The molecule has 1 aliphatic heterocycles. The zero-order valence-electron chi connectivity index (χ0n) is 11.7. The van der Waals surface area contributed by atoms with Gasteiger partial charge < -0.3 is 10.2 Å². The fourth-order valence-corrected chi connectivity index (χ4v) is 3.99. The van der Waals surface area contributed by atoms with E-state index in [9.17, 15) is 9.59 Å². The van der Waals surface area contributed by atoms with Gasteiger partial charge in [-0.3, -0.25) is 9.59 Å². The Morgan fingerprint density at radius 3 is 2.80 bits per heavy atom. The van der Waals surface area contributed by atoms with Gasteiger partial charge >= 0.3 is 0 Å². The molecule has 1 N–H and O–H groups in total. The molecule has 1 saturated heterocycles. The van der Waals surface area contributed by atoms with Crippen molar-refractivity contribution < 1.29 is 9.59 Å². The Balaban J connectivity index is 1.76. The molecule has 20 heavy (non-hydrogen) atoms. The number of piperazine rings is 1. The lowest BCUT2D eigenvalue weighted by molar-refractivity contribution is -0.154. The van der Waals surface area contributed by atoms with Crippen LogP contribution in [0.25, 0.3) is 0 Å². The summed E-state index contributed by atoms with van der Waals surface area (Å²) in [5.41, 5.74) is 0.638. The summed E-state index contributed by atoms with van der Waals surface area (Å²) >= 11 is 1.66. The van der Waals surface area contributed by atoms with E-state index in [0.29, 0.717) is 6.54 Å². The Kier molecular flexibility index (Phi) is 3.54. The van der Waals surface area contributed by atoms with Gasteiger partial charge in [-0.05, 0) is 48.6 Å². The first-order valence-electron chi connectivity index (χ1n) is 7.27. The topological polar surface area (TPSA) is 49.4 Å². The lowest BCUT2D eigenvalue weighted by atomic mass is 9.91. The van der Waals surface area contributed by atoms with Crippen LogP contribution in [0.5, 0.6) is 0 Å². The zero-order valence-corrected chi connectivity index (χ0v) is 12.5. The lowest BCUT2D eigenvalue weighted by Crippen LogP contribution is -2.68. The SMILES string of the molecule is CC1C(=O)NC2(CCCC2)C(=O)N1CCc1ccsc1. The van der Waals surface area contributed by atoms with Crippen molar-refractivity contribution in [2.24, 2.45) is 0 Å². The van der Waals surface area contributed by atoms with E-state index in [1.807, 2.05) is 12.3 Å². The molecule has 2 aliphatic rings. The summed E-state index contributed by atoms with van der Waals surface area (Å²) in [5, 5.41) is 7.13. The average molecular weight is 292 g/mol. The number of amides is 2. The summed E-state index contributed by atoms with van der Waals surface area (Å²) in [6.07, 6.45) is 4.46.